The van der Waals surface area contributed by atoms with Crippen molar-refractivity contribution in [2.45, 2.75) is 6.92 Å². The maximum absolute atomic E-state index is 10.1. The molecule has 0 aliphatic carbocycles. The second-order valence-electron chi connectivity index (χ2n) is 1.77. The van der Waals surface area contributed by atoms with E-state index in [1.165, 1.54) is 0 Å². The Morgan fingerprint density at radius 1 is 1.78 bits per heavy atom. The molecule has 9 heavy (non-hydrogen) atoms. The zero-order valence-electron chi connectivity index (χ0n) is 4.92. The van der Waals surface area contributed by atoms with Gasteiger partial charge in [0.25, 0.3) is 0 Å². The summed E-state index contributed by atoms with van der Waals surface area (Å²) in [7, 11) is 0. The molecule has 0 bridgehead atoms. The van der Waals surface area contributed by atoms with E-state index in [-0.39, 0.29) is 5.82 Å². The van der Waals surface area contributed by atoms with Crippen LogP contribution in [0, 0.1) is 17.0 Å². The van der Waals surface area contributed by atoms with E-state index in [0.29, 0.717) is 5.56 Å². The molecule has 0 aliphatic rings. The molecule has 0 saturated carbocycles. The van der Waals surface area contributed by atoms with Gasteiger partial charge >= 0.3 is 5.82 Å². The average molecular weight is 126 g/mol. The average Bonchev–Trinajstić information content (AvgIpc) is 2.13. The largest absolute Gasteiger partial charge is 0.358 e. The number of nitrogens with one attached hydrogen (secondary N) is 1. The van der Waals surface area contributed by atoms with Crippen LogP contribution in [0.5, 0.6) is 0 Å². The summed E-state index contributed by atoms with van der Waals surface area (Å²) < 4.78 is 0. The van der Waals surface area contributed by atoms with Gasteiger partial charge in [0.15, 0.2) is 0 Å². The number of nitrogens with zero attached hydrogens (tertiary/aromatic N) is 1. The van der Waals surface area contributed by atoms with Crippen molar-refractivity contribution >= 4 is 5.82 Å². The van der Waals surface area contributed by atoms with Gasteiger partial charge in [0, 0.05) is 5.56 Å². The van der Waals surface area contributed by atoms with Gasteiger partial charge in [-0.3, -0.25) is 0 Å². The molecule has 1 heterocycles. The van der Waals surface area contributed by atoms with Gasteiger partial charge < -0.3 is 10.1 Å². The van der Waals surface area contributed by atoms with Crippen LogP contribution in [0.25, 0.3) is 0 Å². The Bertz CT molecular complexity index is 229. The normalized spacial score (nSPS) is 9.44. The molecule has 1 rings (SSSR count). The highest BCUT2D eigenvalue weighted by atomic mass is 16.6. The van der Waals surface area contributed by atoms with Gasteiger partial charge in [0.2, 0.25) is 0 Å². The fourth-order valence-corrected chi connectivity index (χ4v) is 0.635. The quantitative estimate of drug-likeness (QED) is 0.454. The molecule has 0 aliphatic heterocycles. The maximum Gasteiger partial charge on any atom is 0.323 e. The van der Waals surface area contributed by atoms with Crippen molar-refractivity contribution in [3.63, 3.8) is 0 Å². The number of hydrogen-bond acceptors (Lipinski definition) is 2. The fourth-order valence-electron chi connectivity index (χ4n) is 0.635. The van der Waals surface area contributed by atoms with Crippen molar-refractivity contribution in [2.24, 2.45) is 0 Å². The van der Waals surface area contributed by atoms with Gasteiger partial charge in [-0.2, -0.15) is 0 Å². The summed E-state index contributed by atoms with van der Waals surface area (Å²) in [6, 6.07) is 1.66. The highest BCUT2D eigenvalue weighted by Crippen LogP contribution is 2.12. The molecular formula is C5H6N2O2. The second-order valence-corrected chi connectivity index (χ2v) is 1.77. The van der Waals surface area contributed by atoms with Crippen LogP contribution < -0.4 is 0 Å². The molecule has 0 radical (unpaired) electrons. The van der Waals surface area contributed by atoms with Gasteiger partial charge in [0.1, 0.15) is 0 Å². The number of nitro groups is 1. The molecule has 1 N–H and O–H groups in total. The van der Waals surface area contributed by atoms with Gasteiger partial charge in [-0.15, -0.1) is 0 Å². The van der Waals surface area contributed by atoms with Crippen molar-refractivity contribution in [1.82, 2.24) is 4.98 Å². The van der Waals surface area contributed by atoms with E-state index < -0.39 is 4.92 Å². The van der Waals surface area contributed by atoms with Crippen molar-refractivity contribution in [3.8, 4) is 0 Å². The molecule has 0 amide bonds. The summed E-state index contributed by atoms with van der Waals surface area (Å²) in [5, 5.41) is 10.1. The molecule has 4 nitrogen and oxygen atoms in total. The minimum Gasteiger partial charge on any atom is -0.358 e. The third kappa shape index (κ3) is 0.910. The number of rotatable bonds is 1. The topological polar surface area (TPSA) is 58.9 Å². The zero-order valence-corrected chi connectivity index (χ0v) is 4.92. The van der Waals surface area contributed by atoms with Gasteiger partial charge in [-0.1, -0.05) is 0 Å². The summed E-state index contributed by atoms with van der Waals surface area (Å²) in [6.07, 6.45) is 1.55. The molecular weight excluding hydrogens is 120 g/mol. The highest BCUT2D eigenvalue weighted by Gasteiger charge is 2.06. The Kier molecular flexibility index (Phi) is 1.22. The standard InChI is InChI=1S/C5H6N2O2/c1-4-2-3-6-5(4)7(8)9/h2-3,6H,1H3. The number of hydrogen-bond donors (Lipinski definition) is 1. The lowest BCUT2D eigenvalue weighted by Gasteiger charge is -1.88. The van der Waals surface area contributed by atoms with E-state index in [4.69, 9.17) is 0 Å². The van der Waals surface area contributed by atoms with E-state index in [1.54, 1.807) is 19.2 Å². The van der Waals surface area contributed by atoms with E-state index in [0.717, 1.165) is 0 Å². The summed E-state index contributed by atoms with van der Waals surface area (Å²) in [6.45, 7) is 1.69. The molecule has 0 spiro atoms. The van der Waals surface area contributed by atoms with E-state index in [9.17, 15) is 10.1 Å². The Labute approximate surface area is 51.7 Å². The summed E-state index contributed by atoms with van der Waals surface area (Å²) >= 11 is 0. The minimum atomic E-state index is -0.435. The lowest BCUT2D eigenvalue weighted by molar-refractivity contribution is -0.389. The first-order valence-corrected chi connectivity index (χ1v) is 2.50. The third-order valence-electron chi connectivity index (χ3n) is 1.11. The molecule has 1 aromatic rings. The first-order chi connectivity index (χ1) is 4.22. The summed E-state index contributed by atoms with van der Waals surface area (Å²) in [5.74, 6) is 0.0787. The molecule has 0 aromatic carbocycles. The number of aromatic nitrogens is 1. The summed E-state index contributed by atoms with van der Waals surface area (Å²) in [5.41, 5.74) is 0.667. The molecule has 0 fully saturated rings. The van der Waals surface area contributed by atoms with Gasteiger partial charge in [-0.25, -0.2) is 4.98 Å². The molecule has 1 aromatic heterocycles. The van der Waals surface area contributed by atoms with Crippen molar-refractivity contribution < 1.29 is 4.92 Å². The van der Waals surface area contributed by atoms with Gasteiger partial charge in [-0.05, 0) is 17.9 Å². The van der Waals surface area contributed by atoms with E-state index >= 15 is 0 Å². The SMILES string of the molecule is Cc1cc[nH]c1[N+](=O)[O-]. The van der Waals surface area contributed by atoms with Crippen LogP contribution in [-0.2, 0) is 0 Å². The molecule has 0 atom stereocenters. The number of H-pyrrole nitrogens is 1. The Morgan fingerprint density at radius 2 is 2.44 bits per heavy atom. The second kappa shape index (κ2) is 1.89. The van der Waals surface area contributed by atoms with Crippen LogP contribution in [0.4, 0.5) is 5.82 Å². The molecule has 4 heteroatoms. The molecule has 0 unspecified atom stereocenters. The zero-order chi connectivity index (χ0) is 6.85. The third-order valence-corrected chi connectivity index (χ3v) is 1.11. The van der Waals surface area contributed by atoms with Crippen LogP contribution in [0.3, 0.4) is 0 Å². The Morgan fingerprint density at radius 3 is 2.67 bits per heavy atom. The predicted octanol–water partition coefficient (Wildman–Crippen LogP) is 1.23. The van der Waals surface area contributed by atoms with Crippen LogP contribution in [0.15, 0.2) is 12.3 Å². The van der Waals surface area contributed by atoms with Crippen LogP contribution in [0.2, 0.25) is 0 Å². The predicted molar refractivity (Wildman–Crippen MR) is 32.2 cm³/mol. The van der Waals surface area contributed by atoms with Crippen LogP contribution in [-0.4, -0.2) is 9.91 Å². The monoisotopic (exact) mass is 126 g/mol. The Hall–Kier alpha value is -1.32. The summed E-state index contributed by atoms with van der Waals surface area (Å²) in [4.78, 5) is 12.1. The number of aryl methyl sites for hydroxylation is 1. The minimum absolute atomic E-state index is 0.0787. The van der Waals surface area contributed by atoms with Crippen LogP contribution >= 0.6 is 0 Å². The van der Waals surface area contributed by atoms with Crippen LogP contribution in [0.1, 0.15) is 5.56 Å². The molecule has 0 saturated heterocycles. The van der Waals surface area contributed by atoms with Gasteiger partial charge in [0.05, 0.1) is 6.20 Å². The van der Waals surface area contributed by atoms with Crippen molar-refractivity contribution in [3.05, 3.63) is 27.9 Å². The smallest absolute Gasteiger partial charge is 0.323 e. The first-order valence-electron chi connectivity index (χ1n) is 2.50. The Balaban J connectivity index is 3.08. The fraction of sp³-hybridized carbons (Fsp3) is 0.200. The van der Waals surface area contributed by atoms with Crippen molar-refractivity contribution in [1.29, 1.82) is 0 Å². The first kappa shape index (κ1) is 5.81. The van der Waals surface area contributed by atoms with Crippen molar-refractivity contribution in [2.75, 3.05) is 0 Å². The lowest BCUT2D eigenvalue weighted by Crippen LogP contribution is -1.88. The lowest BCUT2D eigenvalue weighted by atomic mass is 10.4. The number of aromatic amines is 1. The maximum atomic E-state index is 10.1. The highest BCUT2D eigenvalue weighted by molar-refractivity contribution is 5.30. The van der Waals surface area contributed by atoms with E-state index in [1.807, 2.05) is 0 Å². The van der Waals surface area contributed by atoms with E-state index in [2.05, 4.69) is 4.98 Å². The molecule has 48 valence electrons.